The number of nitro groups is 1. The van der Waals surface area contributed by atoms with Gasteiger partial charge < -0.3 is 17.0 Å². The van der Waals surface area contributed by atoms with Crippen LogP contribution in [0.25, 0.3) is 0 Å². The number of hydrogen-bond acceptors (Lipinski definition) is 3. The molecule has 0 unspecified atom stereocenters. The summed E-state index contributed by atoms with van der Waals surface area (Å²) in [7, 11) is 0. The number of rotatable bonds is 4. The van der Waals surface area contributed by atoms with E-state index >= 15 is 0 Å². The summed E-state index contributed by atoms with van der Waals surface area (Å²) in [6, 6.07) is 9.79. The molecule has 122 valence electrons. The molecule has 0 atom stereocenters. The molecule has 0 aliphatic carbocycles. The van der Waals surface area contributed by atoms with E-state index in [1.807, 2.05) is 24.5 Å². The number of nitro benzene ring substituents is 1. The van der Waals surface area contributed by atoms with Crippen molar-refractivity contribution in [3.63, 3.8) is 0 Å². The quantitative estimate of drug-likeness (QED) is 0.327. The van der Waals surface area contributed by atoms with E-state index in [1.54, 1.807) is 10.6 Å². The Morgan fingerprint density at radius 1 is 1.17 bits per heavy atom. The Morgan fingerprint density at radius 3 is 2.30 bits per heavy atom. The molecule has 5 nitrogen and oxygen atoms in total. The van der Waals surface area contributed by atoms with Crippen molar-refractivity contribution in [2.45, 2.75) is 32.7 Å². The molecule has 0 fully saturated rings. The molecule has 0 aliphatic rings. The summed E-state index contributed by atoms with van der Waals surface area (Å²) in [5.74, 6) is -0.155. The summed E-state index contributed by atoms with van der Waals surface area (Å²) in [5.41, 5.74) is 1.52. The minimum atomic E-state index is -0.498. The van der Waals surface area contributed by atoms with Crippen LogP contribution in [-0.2, 0) is 12.0 Å². The number of benzene rings is 1. The third-order valence-electron chi connectivity index (χ3n) is 3.46. The Morgan fingerprint density at radius 2 is 1.78 bits per heavy atom. The second kappa shape index (κ2) is 7.46. The van der Waals surface area contributed by atoms with Crippen LogP contribution in [0.3, 0.4) is 0 Å². The standard InChI is InChI=1S/C17H19N2O3.BrH/c1-17(2,3)14-7-9-18(10-8-14)12-16(20)13-5-4-6-15(11-13)19(21)22;/h4-11H,12H2,1-3H3;1H/q+1;/p-1. The van der Waals surface area contributed by atoms with Gasteiger partial charge in [-0.2, -0.15) is 4.57 Å². The molecule has 0 N–H and O–H groups in total. The van der Waals surface area contributed by atoms with Gasteiger partial charge >= 0.3 is 0 Å². The summed E-state index contributed by atoms with van der Waals surface area (Å²) < 4.78 is 1.77. The number of aromatic nitrogens is 1. The second-order valence-electron chi connectivity index (χ2n) is 6.24. The number of nitrogens with zero attached hydrogens (tertiary/aromatic N) is 2. The number of Topliss-reactive ketones (excluding diaryl/α,β-unsaturated/α-hetero) is 1. The van der Waals surface area contributed by atoms with Gasteiger partial charge in [0.2, 0.25) is 12.3 Å². The van der Waals surface area contributed by atoms with Gasteiger partial charge in [-0.25, -0.2) is 0 Å². The Balaban J connectivity index is 0.00000264. The maximum Gasteiger partial charge on any atom is 0.270 e. The van der Waals surface area contributed by atoms with Crippen molar-refractivity contribution in [3.8, 4) is 0 Å². The molecule has 1 heterocycles. The molecule has 2 aromatic rings. The first-order chi connectivity index (χ1) is 10.3. The van der Waals surface area contributed by atoms with Gasteiger partial charge in [0.05, 0.1) is 4.92 Å². The lowest BCUT2D eigenvalue weighted by Gasteiger charge is -2.17. The molecule has 0 amide bonds. The van der Waals surface area contributed by atoms with Crippen LogP contribution in [-0.4, -0.2) is 10.7 Å². The fraction of sp³-hybridized carbons (Fsp3) is 0.294. The molecule has 6 heteroatoms. The normalized spacial score (nSPS) is 10.7. The van der Waals surface area contributed by atoms with Crippen LogP contribution in [0, 0.1) is 10.1 Å². The molecule has 0 saturated heterocycles. The van der Waals surface area contributed by atoms with Crippen LogP contribution >= 0.6 is 0 Å². The van der Waals surface area contributed by atoms with E-state index in [0.29, 0.717) is 5.56 Å². The maximum atomic E-state index is 12.2. The Bertz CT molecular complexity index is 707. The fourth-order valence-electron chi connectivity index (χ4n) is 2.11. The molecule has 0 aliphatic heterocycles. The van der Waals surface area contributed by atoms with Crippen LogP contribution in [0.5, 0.6) is 0 Å². The highest BCUT2D eigenvalue weighted by molar-refractivity contribution is 5.95. The average Bonchev–Trinajstić information content (AvgIpc) is 2.47. The lowest BCUT2D eigenvalue weighted by molar-refractivity contribution is -0.683. The van der Waals surface area contributed by atoms with E-state index in [4.69, 9.17) is 0 Å². The average molecular weight is 379 g/mol. The molecule has 0 saturated carbocycles. The van der Waals surface area contributed by atoms with Crippen molar-refractivity contribution >= 4 is 11.5 Å². The van der Waals surface area contributed by atoms with E-state index in [9.17, 15) is 14.9 Å². The van der Waals surface area contributed by atoms with Gasteiger partial charge in [0, 0.05) is 29.8 Å². The minimum absolute atomic E-state index is 0. The van der Waals surface area contributed by atoms with Crippen molar-refractivity contribution in [2.75, 3.05) is 0 Å². The maximum absolute atomic E-state index is 12.2. The van der Waals surface area contributed by atoms with Crippen molar-refractivity contribution in [2.24, 2.45) is 0 Å². The van der Waals surface area contributed by atoms with Crippen LogP contribution in [0.2, 0.25) is 0 Å². The van der Waals surface area contributed by atoms with E-state index in [2.05, 4.69) is 20.8 Å². The predicted octanol–water partition coefficient (Wildman–Crippen LogP) is 0.0667. The molecule has 0 radical (unpaired) electrons. The lowest BCUT2D eigenvalue weighted by Crippen LogP contribution is -3.00. The number of non-ortho nitro benzene ring substituents is 1. The highest BCUT2D eigenvalue weighted by Crippen LogP contribution is 2.20. The minimum Gasteiger partial charge on any atom is -1.00 e. The van der Waals surface area contributed by atoms with Gasteiger partial charge in [0.25, 0.3) is 5.69 Å². The number of carbonyl (C=O) groups is 1. The first-order valence-electron chi connectivity index (χ1n) is 7.04. The number of carbonyl (C=O) groups excluding carboxylic acids is 1. The highest BCUT2D eigenvalue weighted by Gasteiger charge is 2.18. The number of ketones is 1. The summed E-state index contributed by atoms with van der Waals surface area (Å²) >= 11 is 0. The lowest BCUT2D eigenvalue weighted by atomic mass is 9.88. The summed E-state index contributed by atoms with van der Waals surface area (Å²) in [4.78, 5) is 22.5. The fourth-order valence-corrected chi connectivity index (χ4v) is 2.11. The van der Waals surface area contributed by atoms with Gasteiger partial charge in [0.15, 0.2) is 12.4 Å². The van der Waals surface area contributed by atoms with Crippen LogP contribution < -0.4 is 21.5 Å². The summed E-state index contributed by atoms with van der Waals surface area (Å²) in [5, 5.41) is 10.8. The number of hydrogen-bond donors (Lipinski definition) is 0. The molecular formula is C17H19BrN2O3. The van der Waals surface area contributed by atoms with Crippen molar-refractivity contribution < 1.29 is 31.3 Å². The number of halogens is 1. The van der Waals surface area contributed by atoms with Crippen molar-refractivity contribution in [3.05, 3.63) is 70.0 Å². The zero-order valence-corrected chi connectivity index (χ0v) is 14.9. The van der Waals surface area contributed by atoms with Crippen LogP contribution in [0.15, 0.2) is 48.8 Å². The molecule has 1 aromatic carbocycles. The topological polar surface area (TPSA) is 64.1 Å². The third-order valence-corrected chi connectivity index (χ3v) is 3.46. The first-order valence-corrected chi connectivity index (χ1v) is 7.04. The molecule has 0 bridgehead atoms. The first kappa shape index (κ1) is 19.0. The third kappa shape index (κ3) is 4.96. The molecule has 23 heavy (non-hydrogen) atoms. The summed E-state index contributed by atoms with van der Waals surface area (Å²) in [6.07, 6.45) is 3.71. The van der Waals surface area contributed by atoms with Gasteiger partial charge in [-0.05, 0) is 11.0 Å². The molecule has 2 rings (SSSR count). The molecule has 1 aromatic heterocycles. The zero-order valence-electron chi connectivity index (χ0n) is 13.3. The van der Waals surface area contributed by atoms with E-state index in [0.717, 1.165) is 0 Å². The van der Waals surface area contributed by atoms with Crippen molar-refractivity contribution in [1.29, 1.82) is 0 Å². The largest absolute Gasteiger partial charge is 1.00 e. The Kier molecular flexibility index (Phi) is 6.15. The van der Waals surface area contributed by atoms with Gasteiger partial charge in [0.1, 0.15) is 0 Å². The molecule has 0 spiro atoms. The van der Waals surface area contributed by atoms with E-state index < -0.39 is 4.92 Å². The van der Waals surface area contributed by atoms with Gasteiger partial charge in [-0.3, -0.25) is 14.9 Å². The van der Waals surface area contributed by atoms with Gasteiger partial charge in [-0.1, -0.05) is 32.9 Å². The highest BCUT2D eigenvalue weighted by atomic mass is 79.9. The van der Waals surface area contributed by atoms with E-state index in [1.165, 1.54) is 23.8 Å². The van der Waals surface area contributed by atoms with Crippen molar-refractivity contribution in [1.82, 2.24) is 0 Å². The molecular weight excluding hydrogens is 360 g/mol. The van der Waals surface area contributed by atoms with E-state index in [-0.39, 0.29) is 40.4 Å². The Hall–Kier alpha value is -2.08. The van der Waals surface area contributed by atoms with Crippen LogP contribution in [0.4, 0.5) is 5.69 Å². The Labute approximate surface area is 145 Å². The summed E-state index contributed by atoms with van der Waals surface area (Å²) in [6.45, 7) is 6.54. The predicted molar refractivity (Wildman–Crippen MR) is 82.8 cm³/mol. The van der Waals surface area contributed by atoms with Crippen LogP contribution in [0.1, 0.15) is 36.7 Å². The second-order valence-corrected chi connectivity index (χ2v) is 6.24. The number of pyridine rings is 1. The van der Waals surface area contributed by atoms with Gasteiger partial charge in [-0.15, -0.1) is 0 Å². The smallest absolute Gasteiger partial charge is 0.270 e. The SMILES string of the molecule is CC(C)(C)c1cc[n+](CC(=O)c2cccc([N+](=O)[O-])c2)cc1.[Br-]. The zero-order chi connectivity index (χ0) is 16.3. The monoisotopic (exact) mass is 378 g/mol.